The number of nitrogens with zero attached hydrogens (tertiary/aromatic N) is 3. The lowest BCUT2D eigenvalue weighted by Gasteiger charge is -2.11. The fourth-order valence-electron chi connectivity index (χ4n) is 2.82. The van der Waals surface area contributed by atoms with Gasteiger partial charge in [0.05, 0.1) is 16.5 Å². The van der Waals surface area contributed by atoms with Crippen molar-refractivity contribution in [3.05, 3.63) is 70.9 Å². The molecule has 0 fully saturated rings. The fourth-order valence-corrected chi connectivity index (χ4v) is 4.47. The highest BCUT2D eigenvalue weighted by molar-refractivity contribution is 7.90. The number of hydrogen-bond acceptors (Lipinski definition) is 5. The minimum absolute atomic E-state index is 0.0290. The molecule has 3 aromatic rings. The number of carboxylic acid groups (broad SMARTS) is 1. The predicted octanol–water partition coefficient (Wildman–Crippen LogP) is 3.26. The molecule has 3 rings (SSSR count). The number of nitriles is 1. The molecule has 0 unspecified atom stereocenters. The molecule has 8 nitrogen and oxygen atoms in total. The lowest BCUT2D eigenvalue weighted by atomic mass is 10.1. The summed E-state index contributed by atoms with van der Waals surface area (Å²) in [5, 5.41) is 19.8. The largest absolute Gasteiger partial charge is 0.465 e. The van der Waals surface area contributed by atoms with Crippen LogP contribution in [0.15, 0.2) is 53.7 Å². The summed E-state index contributed by atoms with van der Waals surface area (Å²) in [6, 6.07) is 10.1. The van der Waals surface area contributed by atoms with Crippen LogP contribution in [0.2, 0.25) is 5.15 Å². The molecule has 0 atom stereocenters. The Balaban J connectivity index is 2.20. The maximum absolute atomic E-state index is 15.3. The van der Waals surface area contributed by atoms with Gasteiger partial charge in [0.1, 0.15) is 10.8 Å². The lowest BCUT2D eigenvalue weighted by molar-refractivity contribution is 0.194. The third kappa shape index (κ3) is 4.12. The minimum atomic E-state index is -4.31. The second-order valence-electron chi connectivity index (χ2n) is 6.08. The molecule has 0 aliphatic rings. The van der Waals surface area contributed by atoms with E-state index < -0.39 is 21.9 Å². The highest BCUT2D eigenvalue weighted by Gasteiger charge is 2.28. The molecule has 0 radical (unpaired) electrons. The van der Waals surface area contributed by atoms with E-state index in [0.29, 0.717) is 0 Å². The first kappa shape index (κ1) is 21.3. The van der Waals surface area contributed by atoms with Crippen LogP contribution in [-0.2, 0) is 16.4 Å². The number of benzene rings is 1. The van der Waals surface area contributed by atoms with Crippen molar-refractivity contribution in [3.8, 4) is 17.3 Å². The number of rotatable bonds is 6. The second kappa shape index (κ2) is 8.52. The smallest absolute Gasteiger partial charge is 0.404 e. The van der Waals surface area contributed by atoms with Gasteiger partial charge >= 0.3 is 6.09 Å². The number of pyridine rings is 1. The molecule has 1 amide bonds. The zero-order chi connectivity index (χ0) is 21.9. The molecule has 2 aromatic heterocycles. The highest BCUT2D eigenvalue weighted by Crippen LogP contribution is 2.34. The van der Waals surface area contributed by atoms with Crippen molar-refractivity contribution in [2.24, 2.45) is 0 Å². The van der Waals surface area contributed by atoms with E-state index in [1.807, 2.05) is 6.07 Å². The molecule has 0 aliphatic carbocycles. The number of nitrogens with one attached hydrogen (secondary N) is 1. The topological polar surface area (TPSA) is 125 Å². The van der Waals surface area contributed by atoms with Gasteiger partial charge in [0.2, 0.25) is 0 Å². The summed E-state index contributed by atoms with van der Waals surface area (Å²) in [7, 11) is -4.31. The molecule has 0 aliphatic heterocycles. The Morgan fingerprint density at radius 1 is 1.33 bits per heavy atom. The summed E-state index contributed by atoms with van der Waals surface area (Å²) in [6.07, 6.45) is 1.07. The van der Waals surface area contributed by atoms with Crippen molar-refractivity contribution in [1.29, 1.82) is 5.26 Å². The Kier molecular flexibility index (Phi) is 6.05. The average Bonchev–Trinajstić information content (AvgIpc) is 3.05. The summed E-state index contributed by atoms with van der Waals surface area (Å²) in [6.45, 7) is -0.125. The lowest BCUT2D eigenvalue weighted by Crippen LogP contribution is -2.23. The van der Waals surface area contributed by atoms with Crippen LogP contribution in [0.1, 0.15) is 11.1 Å². The van der Waals surface area contributed by atoms with Crippen molar-refractivity contribution in [2.45, 2.75) is 11.3 Å². The molecule has 11 heteroatoms. The molecule has 2 N–H and O–H groups in total. The second-order valence-corrected chi connectivity index (χ2v) is 8.25. The van der Waals surface area contributed by atoms with Crippen LogP contribution in [0.25, 0.3) is 11.3 Å². The first-order valence-corrected chi connectivity index (χ1v) is 10.3. The minimum Gasteiger partial charge on any atom is -0.465 e. The van der Waals surface area contributed by atoms with Crippen LogP contribution in [0, 0.1) is 17.1 Å². The SMILES string of the molecule is N#Cc1cccc(S(=O)(=O)n2cc(CCNC(=O)O)c(F)c2-c2cccnc2Cl)c1. The van der Waals surface area contributed by atoms with Crippen LogP contribution in [0.5, 0.6) is 0 Å². The van der Waals surface area contributed by atoms with Crippen LogP contribution < -0.4 is 5.32 Å². The summed E-state index contributed by atoms with van der Waals surface area (Å²) in [4.78, 5) is 14.3. The monoisotopic (exact) mass is 448 g/mol. The van der Waals surface area contributed by atoms with Gasteiger partial charge in [0, 0.05) is 30.1 Å². The molecular weight excluding hydrogens is 435 g/mol. The third-order valence-electron chi connectivity index (χ3n) is 4.19. The molecule has 1 aromatic carbocycles. The van der Waals surface area contributed by atoms with Crippen molar-refractivity contribution in [2.75, 3.05) is 6.54 Å². The van der Waals surface area contributed by atoms with Gasteiger partial charge in [-0.1, -0.05) is 17.7 Å². The third-order valence-corrected chi connectivity index (χ3v) is 6.14. The Morgan fingerprint density at radius 3 is 2.77 bits per heavy atom. The standard InChI is InChI=1S/C19H14ClFN4O4S/c20-18-15(5-2-7-23-18)17-16(21)13(6-8-24-19(26)27)11-25(17)30(28,29)14-4-1-3-12(9-14)10-22/h1-5,7,9,11,24H,6,8H2,(H,26,27). The highest BCUT2D eigenvalue weighted by atomic mass is 35.5. The average molecular weight is 449 g/mol. The van der Waals surface area contributed by atoms with Crippen LogP contribution >= 0.6 is 11.6 Å². The first-order valence-electron chi connectivity index (χ1n) is 8.49. The Morgan fingerprint density at radius 2 is 2.10 bits per heavy atom. The number of carbonyl (C=O) groups is 1. The van der Waals surface area contributed by atoms with E-state index in [-0.39, 0.29) is 45.4 Å². The van der Waals surface area contributed by atoms with Gasteiger partial charge in [0.15, 0.2) is 5.82 Å². The molecular formula is C19H14ClFN4O4S. The Bertz CT molecular complexity index is 1270. The molecule has 154 valence electrons. The van der Waals surface area contributed by atoms with Gasteiger partial charge < -0.3 is 10.4 Å². The van der Waals surface area contributed by atoms with E-state index in [2.05, 4.69) is 10.3 Å². The Hall–Kier alpha value is -3.42. The van der Waals surface area contributed by atoms with E-state index >= 15 is 4.39 Å². The van der Waals surface area contributed by atoms with Gasteiger partial charge in [-0.15, -0.1) is 0 Å². The van der Waals surface area contributed by atoms with E-state index in [1.54, 1.807) is 0 Å². The summed E-state index contributed by atoms with van der Waals surface area (Å²) < 4.78 is 42.5. The summed E-state index contributed by atoms with van der Waals surface area (Å²) in [5.74, 6) is -0.864. The normalized spacial score (nSPS) is 11.1. The Labute approximate surface area is 176 Å². The molecule has 0 saturated carbocycles. The fraction of sp³-hybridized carbons (Fsp3) is 0.105. The molecule has 0 saturated heterocycles. The number of amides is 1. The van der Waals surface area contributed by atoms with E-state index in [4.69, 9.17) is 22.0 Å². The van der Waals surface area contributed by atoms with E-state index in [1.165, 1.54) is 42.6 Å². The molecule has 30 heavy (non-hydrogen) atoms. The van der Waals surface area contributed by atoms with Crippen LogP contribution in [-0.4, -0.2) is 35.1 Å². The number of aromatic nitrogens is 2. The summed E-state index contributed by atoms with van der Waals surface area (Å²) in [5.41, 5.74) is -0.191. The number of hydrogen-bond donors (Lipinski definition) is 2. The molecule has 0 spiro atoms. The van der Waals surface area contributed by atoms with Gasteiger partial charge in [-0.3, -0.25) is 0 Å². The van der Waals surface area contributed by atoms with Gasteiger partial charge in [0.25, 0.3) is 10.0 Å². The van der Waals surface area contributed by atoms with E-state index in [9.17, 15) is 13.2 Å². The van der Waals surface area contributed by atoms with Crippen LogP contribution in [0.4, 0.5) is 9.18 Å². The van der Waals surface area contributed by atoms with Crippen LogP contribution in [0.3, 0.4) is 0 Å². The van der Waals surface area contributed by atoms with Crippen molar-refractivity contribution in [3.63, 3.8) is 0 Å². The van der Waals surface area contributed by atoms with Gasteiger partial charge in [-0.2, -0.15) is 5.26 Å². The number of halogens is 2. The van der Waals surface area contributed by atoms with Crippen molar-refractivity contribution >= 4 is 27.7 Å². The van der Waals surface area contributed by atoms with Gasteiger partial charge in [-0.25, -0.2) is 26.6 Å². The quantitative estimate of drug-likeness (QED) is 0.557. The van der Waals surface area contributed by atoms with Crippen molar-refractivity contribution < 1.29 is 22.7 Å². The summed E-state index contributed by atoms with van der Waals surface area (Å²) >= 11 is 6.08. The van der Waals surface area contributed by atoms with E-state index in [0.717, 1.165) is 10.2 Å². The first-order chi connectivity index (χ1) is 14.3. The zero-order valence-electron chi connectivity index (χ0n) is 15.2. The predicted molar refractivity (Wildman–Crippen MR) is 106 cm³/mol. The van der Waals surface area contributed by atoms with Crippen molar-refractivity contribution in [1.82, 2.24) is 14.3 Å². The molecule has 2 heterocycles. The van der Waals surface area contributed by atoms with Gasteiger partial charge in [-0.05, 0) is 36.8 Å². The maximum atomic E-state index is 15.3. The molecule has 0 bridgehead atoms. The maximum Gasteiger partial charge on any atom is 0.404 e. The zero-order valence-corrected chi connectivity index (χ0v) is 16.8.